The molecular formula is C8H9F3N3O. The van der Waals surface area contributed by atoms with E-state index in [4.69, 9.17) is 0 Å². The molecule has 0 aromatic carbocycles. The monoisotopic (exact) mass is 220 g/mol. The minimum absolute atomic E-state index is 0.416. The second-order valence-corrected chi connectivity index (χ2v) is 2.89. The van der Waals surface area contributed by atoms with Crippen LogP contribution in [0.3, 0.4) is 0 Å². The summed E-state index contributed by atoms with van der Waals surface area (Å²) in [6.45, 7) is 1.44. The number of halogens is 3. The fraction of sp³-hybridized carbons (Fsp3) is 0.500. The van der Waals surface area contributed by atoms with E-state index in [9.17, 15) is 18.0 Å². The maximum Gasteiger partial charge on any atom is 0.435 e. The summed E-state index contributed by atoms with van der Waals surface area (Å²) in [5, 5.41) is 5.54. The predicted octanol–water partition coefficient (Wildman–Crippen LogP) is 1.01. The van der Waals surface area contributed by atoms with Gasteiger partial charge < -0.3 is 5.32 Å². The van der Waals surface area contributed by atoms with Crippen LogP contribution in [0.1, 0.15) is 18.7 Å². The van der Waals surface area contributed by atoms with Crippen LogP contribution in [0.4, 0.5) is 13.2 Å². The molecule has 4 nitrogen and oxygen atoms in total. The quantitative estimate of drug-likeness (QED) is 0.808. The number of alkyl halides is 3. The molecule has 15 heavy (non-hydrogen) atoms. The van der Waals surface area contributed by atoms with E-state index in [2.05, 4.69) is 10.4 Å². The summed E-state index contributed by atoms with van der Waals surface area (Å²) in [4.78, 5) is 11.1. The Morgan fingerprint density at radius 1 is 1.67 bits per heavy atom. The van der Waals surface area contributed by atoms with E-state index in [-0.39, 0.29) is 0 Å². The second kappa shape index (κ2) is 3.92. The summed E-state index contributed by atoms with van der Waals surface area (Å²) in [5.41, 5.74) is -1.13. The van der Waals surface area contributed by atoms with Crippen molar-refractivity contribution in [2.45, 2.75) is 19.1 Å². The fourth-order valence-electron chi connectivity index (χ4n) is 0.966. The van der Waals surface area contributed by atoms with Crippen molar-refractivity contribution in [3.63, 3.8) is 0 Å². The number of rotatable bonds is 2. The molecule has 0 aliphatic carbocycles. The van der Waals surface area contributed by atoms with Crippen LogP contribution in [0.5, 0.6) is 0 Å². The van der Waals surface area contributed by atoms with Gasteiger partial charge in [-0.1, -0.05) is 0 Å². The number of hydrogen-bond donors (Lipinski definition) is 1. The molecule has 1 N–H and O–H groups in total. The molecule has 7 heteroatoms. The molecule has 0 aliphatic heterocycles. The summed E-state index contributed by atoms with van der Waals surface area (Å²) >= 11 is 0. The lowest BCUT2D eigenvalue weighted by Gasteiger charge is -2.10. The number of amides is 1. The lowest BCUT2D eigenvalue weighted by Crippen LogP contribution is -2.28. The van der Waals surface area contributed by atoms with Gasteiger partial charge in [-0.15, -0.1) is 0 Å². The van der Waals surface area contributed by atoms with Crippen molar-refractivity contribution in [2.24, 2.45) is 0 Å². The van der Waals surface area contributed by atoms with Crippen LogP contribution in [0.15, 0.2) is 6.20 Å². The Hall–Kier alpha value is -1.53. The van der Waals surface area contributed by atoms with Gasteiger partial charge in [0.15, 0.2) is 5.69 Å². The van der Waals surface area contributed by atoms with E-state index in [0.717, 1.165) is 10.9 Å². The van der Waals surface area contributed by atoms with Crippen molar-refractivity contribution in [1.82, 2.24) is 15.1 Å². The molecule has 1 atom stereocenters. The molecule has 83 valence electrons. The molecule has 1 aromatic rings. The van der Waals surface area contributed by atoms with Gasteiger partial charge in [0.2, 0.25) is 5.91 Å². The van der Waals surface area contributed by atoms with Gasteiger partial charge in [-0.25, -0.2) is 0 Å². The van der Waals surface area contributed by atoms with Gasteiger partial charge in [0.25, 0.3) is 0 Å². The molecule has 1 unspecified atom stereocenters. The molecule has 0 fully saturated rings. The van der Waals surface area contributed by atoms with Gasteiger partial charge in [-0.2, -0.15) is 18.3 Å². The zero-order chi connectivity index (χ0) is 11.6. The van der Waals surface area contributed by atoms with E-state index in [1.165, 1.54) is 14.0 Å². The highest BCUT2D eigenvalue weighted by Gasteiger charge is 2.34. The highest BCUT2D eigenvalue weighted by atomic mass is 19.4. The lowest BCUT2D eigenvalue weighted by atomic mass is 10.3. The fourth-order valence-corrected chi connectivity index (χ4v) is 0.966. The van der Waals surface area contributed by atoms with Crippen LogP contribution in [0.2, 0.25) is 0 Å². The van der Waals surface area contributed by atoms with Crippen LogP contribution < -0.4 is 5.32 Å². The number of likely N-dealkylation sites (N-methyl/N-ethyl adjacent to an activating group) is 1. The summed E-state index contributed by atoms with van der Waals surface area (Å²) in [6.07, 6.45) is -3.53. The zero-order valence-electron chi connectivity index (χ0n) is 8.09. The van der Waals surface area contributed by atoms with Crippen molar-refractivity contribution in [3.05, 3.63) is 18.0 Å². The first-order valence-electron chi connectivity index (χ1n) is 4.12. The Balaban J connectivity index is 2.89. The van der Waals surface area contributed by atoms with Gasteiger partial charge in [-0.3, -0.25) is 9.48 Å². The average Bonchev–Trinajstić information content (AvgIpc) is 2.63. The van der Waals surface area contributed by atoms with E-state index >= 15 is 0 Å². The summed E-state index contributed by atoms with van der Waals surface area (Å²) in [7, 11) is 1.40. The Bertz CT molecular complexity index is 358. The molecule has 1 rings (SSSR count). The maximum atomic E-state index is 12.1. The molecule has 0 saturated carbocycles. The van der Waals surface area contributed by atoms with Gasteiger partial charge in [0.1, 0.15) is 6.04 Å². The highest BCUT2D eigenvalue weighted by Crippen LogP contribution is 2.27. The first-order chi connectivity index (χ1) is 6.86. The molecule has 0 saturated heterocycles. The number of hydrogen-bond acceptors (Lipinski definition) is 2. The number of aromatic nitrogens is 2. The largest absolute Gasteiger partial charge is 0.435 e. The Kier molecular flexibility index (Phi) is 3.01. The van der Waals surface area contributed by atoms with Gasteiger partial charge in [-0.05, 0) is 6.92 Å². The molecule has 0 aliphatic rings. The third-order valence-electron chi connectivity index (χ3n) is 1.84. The van der Waals surface area contributed by atoms with Crippen molar-refractivity contribution in [1.29, 1.82) is 0 Å². The van der Waals surface area contributed by atoms with Crippen LogP contribution in [0.25, 0.3) is 0 Å². The van der Waals surface area contributed by atoms with E-state index < -0.39 is 23.8 Å². The maximum absolute atomic E-state index is 12.1. The number of nitrogens with zero attached hydrogens (tertiary/aromatic N) is 2. The van der Waals surface area contributed by atoms with E-state index in [0.29, 0.717) is 0 Å². The average molecular weight is 220 g/mol. The van der Waals surface area contributed by atoms with Crippen molar-refractivity contribution in [2.75, 3.05) is 7.05 Å². The van der Waals surface area contributed by atoms with Crippen molar-refractivity contribution >= 4 is 5.91 Å². The van der Waals surface area contributed by atoms with E-state index in [1.54, 1.807) is 0 Å². The van der Waals surface area contributed by atoms with Crippen LogP contribution in [-0.4, -0.2) is 22.7 Å². The number of carbonyl (C=O) groups excluding carboxylic acids is 1. The first-order valence-corrected chi connectivity index (χ1v) is 4.12. The molecular weight excluding hydrogens is 211 g/mol. The van der Waals surface area contributed by atoms with Crippen LogP contribution >= 0.6 is 0 Å². The normalized spacial score (nSPS) is 13.7. The molecule has 1 radical (unpaired) electrons. The summed E-state index contributed by atoms with van der Waals surface area (Å²) in [6, 6.07) is 1.16. The molecule has 0 spiro atoms. The smallest absolute Gasteiger partial charge is 0.357 e. The topological polar surface area (TPSA) is 46.9 Å². The van der Waals surface area contributed by atoms with Gasteiger partial charge in [0.05, 0.1) is 0 Å². The molecule has 0 bridgehead atoms. The third kappa shape index (κ3) is 2.48. The number of carbonyl (C=O) groups is 1. The zero-order valence-corrected chi connectivity index (χ0v) is 8.09. The predicted molar refractivity (Wildman–Crippen MR) is 44.8 cm³/mol. The van der Waals surface area contributed by atoms with Gasteiger partial charge >= 0.3 is 6.18 Å². The minimum atomic E-state index is -4.53. The number of nitrogens with one attached hydrogen (secondary N) is 1. The SMILES string of the molecule is CNC(=O)C(C)n1c[c]c(C(F)(F)F)n1. The molecule has 1 aromatic heterocycles. The third-order valence-corrected chi connectivity index (χ3v) is 1.84. The van der Waals surface area contributed by atoms with Crippen molar-refractivity contribution in [3.8, 4) is 0 Å². The Labute approximate surface area is 84.1 Å². The Morgan fingerprint density at radius 2 is 2.27 bits per heavy atom. The van der Waals surface area contributed by atoms with Crippen LogP contribution in [0, 0.1) is 6.07 Å². The Morgan fingerprint density at radius 3 is 2.67 bits per heavy atom. The van der Waals surface area contributed by atoms with Gasteiger partial charge in [0, 0.05) is 19.3 Å². The van der Waals surface area contributed by atoms with E-state index in [1.807, 2.05) is 6.07 Å². The van der Waals surface area contributed by atoms with Crippen LogP contribution in [-0.2, 0) is 11.0 Å². The molecule has 1 heterocycles. The van der Waals surface area contributed by atoms with Crippen molar-refractivity contribution < 1.29 is 18.0 Å². The second-order valence-electron chi connectivity index (χ2n) is 2.89. The summed E-state index contributed by atoms with van der Waals surface area (Å²) in [5.74, 6) is -0.416. The minimum Gasteiger partial charge on any atom is -0.357 e. The first kappa shape index (κ1) is 11.5. The standard InChI is InChI=1S/C8H9F3N3O/c1-5(7(15)12-2)14-4-3-6(13-14)8(9,10)11/h4-5H,1-2H3,(H,12,15). The molecule has 1 amide bonds. The highest BCUT2D eigenvalue weighted by molar-refractivity contribution is 5.79. The summed E-state index contributed by atoms with van der Waals surface area (Å²) < 4.78 is 37.3. The lowest BCUT2D eigenvalue weighted by molar-refractivity contribution is -0.142.